The molecule has 2 fully saturated rings. The highest BCUT2D eigenvalue weighted by Gasteiger charge is 2.30. The van der Waals surface area contributed by atoms with Crippen LogP contribution < -0.4 is 0 Å². The lowest BCUT2D eigenvalue weighted by molar-refractivity contribution is 0.126. The number of hydrogen-bond donors (Lipinski definition) is 1. The van der Waals surface area contributed by atoms with E-state index >= 15 is 0 Å². The van der Waals surface area contributed by atoms with Gasteiger partial charge in [-0.3, -0.25) is 9.58 Å². The van der Waals surface area contributed by atoms with Crippen LogP contribution in [0.15, 0.2) is 28.9 Å². The second-order valence-corrected chi connectivity index (χ2v) is 7.97. The fourth-order valence-corrected chi connectivity index (χ4v) is 4.71. The molecule has 124 valence electrons. The van der Waals surface area contributed by atoms with Gasteiger partial charge < -0.3 is 5.11 Å². The van der Waals surface area contributed by atoms with Crippen molar-refractivity contribution in [3.63, 3.8) is 0 Å². The summed E-state index contributed by atoms with van der Waals surface area (Å²) in [4.78, 5) is 2.50. The van der Waals surface area contributed by atoms with Crippen LogP contribution >= 0.6 is 15.9 Å². The molecule has 2 heterocycles. The average molecular weight is 378 g/mol. The van der Waals surface area contributed by atoms with Crippen molar-refractivity contribution in [1.29, 1.82) is 0 Å². The van der Waals surface area contributed by atoms with Crippen LogP contribution in [0.3, 0.4) is 0 Å². The zero-order valence-corrected chi connectivity index (χ0v) is 15.0. The van der Waals surface area contributed by atoms with Crippen LogP contribution in [0.4, 0.5) is 0 Å². The molecule has 5 heteroatoms. The van der Waals surface area contributed by atoms with Crippen LogP contribution in [-0.2, 0) is 6.54 Å². The third-order valence-electron chi connectivity index (χ3n) is 5.59. The Morgan fingerprint density at radius 1 is 1.17 bits per heavy atom. The zero-order chi connectivity index (χ0) is 15.8. The Morgan fingerprint density at radius 3 is 2.74 bits per heavy atom. The van der Waals surface area contributed by atoms with Crippen molar-refractivity contribution in [2.75, 3.05) is 13.1 Å². The van der Waals surface area contributed by atoms with Gasteiger partial charge in [0, 0.05) is 35.5 Å². The molecule has 0 unspecified atom stereocenters. The van der Waals surface area contributed by atoms with Crippen molar-refractivity contribution in [3.05, 3.63) is 28.9 Å². The van der Waals surface area contributed by atoms with E-state index in [9.17, 15) is 5.11 Å². The van der Waals surface area contributed by atoms with E-state index in [2.05, 4.69) is 48.8 Å². The molecule has 1 aliphatic carbocycles. The number of hydrogen-bond acceptors (Lipinski definition) is 3. The topological polar surface area (TPSA) is 41.3 Å². The van der Waals surface area contributed by atoms with Gasteiger partial charge in [-0.25, -0.2) is 0 Å². The normalized spacial score (nSPS) is 29.4. The fraction of sp³-hybridized carbons (Fsp3) is 0.611. The summed E-state index contributed by atoms with van der Waals surface area (Å²) in [5.74, 6) is 0.723. The Kier molecular flexibility index (Phi) is 4.43. The predicted molar refractivity (Wildman–Crippen MR) is 95.4 cm³/mol. The summed E-state index contributed by atoms with van der Waals surface area (Å²) in [5.41, 5.74) is 1.23. The number of halogens is 1. The zero-order valence-electron chi connectivity index (χ0n) is 13.4. The first-order valence-electron chi connectivity index (χ1n) is 8.73. The highest BCUT2D eigenvalue weighted by molar-refractivity contribution is 9.10. The number of fused-ring (bicyclic) bond motifs is 1. The Balaban J connectivity index is 1.38. The van der Waals surface area contributed by atoms with E-state index in [0.29, 0.717) is 6.04 Å². The largest absolute Gasteiger partial charge is 0.392 e. The van der Waals surface area contributed by atoms with Crippen LogP contribution in [-0.4, -0.2) is 45.0 Å². The van der Waals surface area contributed by atoms with Gasteiger partial charge in [0.2, 0.25) is 0 Å². The number of benzene rings is 1. The van der Waals surface area contributed by atoms with Gasteiger partial charge in [0.25, 0.3) is 0 Å². The van der Waals surface area contributed by atoms with Gasteiger partial charge in [-0.2, -0.15) is 5.10 Å². The number of likely N-dealkylation sites (tertiary alicyclic amines) is 1. The molecule has 1 atom stereocenters. The van der Waals surface area contributed by atoms with Gasteiger partial charge >= 0.3 is 0 Å². The first-order chi connectivity index (χ1) is 11.2. The van der Waals surface area contributed by atoms with Crippen molar-refractivity contribution >= 4 is 26.8 Å². The lowest BCUT2D eigenvalue weighted by Crippen LogP contribution is -2.37. The number of aliphatic hydroxyl groups excluding tert-OH is 1. The Labute approximate surface area is 145 Å². The van der Waals surface area contributed by atoms with E-state index in [4.69, 9.17) is 0 Å². The quantitative estimate of drug-likeness (QED) is 0.890. The molecule has 0 spiro atoms. The molecule has 0 radical (unpaired) electrons. The molecule has 1 N–H and O–H groups in total. The molecule has 1 aromatic heterocycles. The van der Waals surface area contributed by atoms with E-state index in [1.807, 2.05) is 6.20 Å². The molecular formula is C18H24BrN3O. The predicted octanol–water partition coefficient (Wildman–Crippen LogP) is 3.42. The summed E-state index contributed by atoms with van der Waals surface area (Å²) >= 11 is 3.61. The van der Waals surface area contributed by atoms with Crippen LogP contribution in [0.1, 0.15) is 32.1 Å². The number of β-amino-alcohol motifs (C(OH)–C–C–N with tert-alkyl or cyclic N) is 1. The Morgan fingerprint density at radius 2 is 2.00 bits per heavy atom. The summed E-state index contributed by atoms with van der Waals surface area (Å²) in [6.45, 7) is 2.98. The van der Waals surface area contributed by atoms with Crippen molar-refractivity contribution in [2.45, 2.75) is 50.8 Å². The maximum absolute atomic E-state index is 9.72. The van der Waals surface area contributed by atoms with Crippen LogP contribution in [0, 0.1) is 5.92 Å². The van der Waals surface area contributed by atoms with Gasteiger partial charge in [0.05, 0.1) is 17.8 Å². The third kappa shape index (κ3) is 3.19. The van der Waals surface area contributed by atoms with E-state index in [1.54, 1.807) is 0 Å². The lowest BCUT2D eigenvalue weighted by Gasteiger charge is -2.34. The molecule has 2 aliphatic rings. The highest BCUT2D eigenvalue weighted by atomic mass is 79.9. The standard InChI is InChI=1S/C18H24BrN3O/c19-17-2-1-3-18-16(17)10-20-22(18)11-13-4-6-14(7-5-13)21-9-8-15(23)12-21/h1-3,10,13-15,23H,4-9,11-12H2/t13?,14?,15-/m1/s1. The van der Waals surface area contributed by atoms with Gasteiger partial charge in [-0.1, -0.05) is 22.0 Å². The summed E-state index contributed by atoms with van der Waals surface area (Å²) in [7, 11) is 0. The van der Waals surface area contributed by atoms with Crippen molar-refractivity contribution in [2.24, 2.45) is 5.92 Å². The highest BCUT2D eigenvalue weighted by Crippen LogP contribution is 2.31. The van der Waals surface area contributed by atoms with Gasteiger partial charge in [0.1, 0.15) is 0 Å². The minimum atomic E-state index is -0.0957. The monoisotopic (exact) mass is 377 g/mol. The van der Waals surface area contributed by atoms with E-state index in [-0.39, 0.29) is 6.10 Å². The molecule has 1 aliphatic heterocycles. The fourth-order valence-electron chi connectivity index (χ4n) is 4.25. The summed E-state index contributed by atoms with van der Waals surface area (Å²) < 4.78 is 3.29. The smallest absolute Gasteiger partial charge is 0.0693 e. The molecule has 1 saturated carbocycles. The molecule has 23 heavy (non-hydrogen) atoms. The Bertz CT molecular complexity index is 678. The summed E-state index contributed by atoms with van der Waals surface area (Å²) in [5, 5.41) is 15.5. The van der Waals surface area contributed by atoms with E-state index < -0.39 is 0 Å². The SMILES string of the molecule is O[C@@H]1CCN(C2CCC(Cn3ncc4c(Br)cccc43)CC2)C1. The third-order valence-corrected chi connectivity index (χ3v) is 6.28. The second-order valence-electron chi connectivity index (χ2n) is 7.11. The molecule has 0 bridgehead atoms. The van der Waals surface area contributed by atoms with Crippen molar-refractivity contribution in [3.8, 4) is 0 Å². The Hall–Kier alpha value is -0.910. The minimum absolute atomic E-state index is 0.0957. The van der Waals surface area contributed by atoms with E-state index in [0.717, 1.165) is 36.4 Å². The van der Waals surface area contributed by atoms with Crippen molar-refractivity contribution in [1.82, 2.24) is 14.7 Å². The van der Waals surface area contributed by atoms with Gasteiger partial charge in [0.15, 0.2) is 0 Å². The number of aromatic nitrogens is 2. The summed E-state index contributed by atoms with van der Waals surface area (Å²) in [6.07, 6.45) is 7.89. The maximum Gasteiger partial charge on any atom is 0.0693 e. The molecule has 0 amide bonds. The van der Waals surface area contributed by atoms with Crippen molar-refractivity contribution < 1.29 is 5.11 Å². The number of nitrogens with zero attached hydrogens (tertiary/aromatic N) is 3. The van der Waals surface area contributed by atoms with Crippen LogP contribution in [0.5, 0.6) is 0 Å². The van der Waals surface area contributed by atoms with Gasteiger partial charge in [-0.05, 0) is 50.2 Å². The average Bonchev–Trinajstić information content (AvgIpc) is 3.16. The number of aliphatic hydroxyl groups is 1. The van der Waals surface area contributed by atoms with Crippen LogP contribution in [0.2, 0.25) is 0 Å². The second kappa shape index (κ2) is 6.54. The maximum atomic E-state index is 9.72. The summed E-state index contributed by atoms with van der Waals surface area (Å²) in [6, 6.07) is 7.00. The van der Waals surface area contributed by atoms with Gasteiger partial charge in [-0.15, -0.1) is 0 Å². The molecule has 1 aromatic carbocycles. The first kappa shape index (κ1) is 15.6. The van der Waals surface area contributed by atoms with E-state index in [1.165, 1.54) is 36.6 Å². The molecule has 1 saturated heterocycles. The van der Waals surface area contributed by atoms with Crippen LogP contribution in [0.25, 0.3) is 10.9 Å². The molecular weight excluding hydrogens is 354 g/mol. The minimum Gasteiger partial charge on any atom is -0.392 e. The lowest BCUT2D eigenvalue weighted by atomic mass is 9.85. The molecule has 4 nitrogen and oxygen atoms in total. The number of rotatable bonds is 3. The molecule has 4 rings (SSSR count). The molecule has 2 aromatic rings. The first-order valence-corrected chi connectivity index (χ1v) is 9.52.